The van der Waals surface area contributed by atoms with Crippen LogP contribution in [0.2, 0.25) is 0 Å². The zero-order chi connectivity index (χ0) is 17.4. The number of ether oxygens (including phenoxy) is 1. The Morgan fingerprint density at radius 1 is 1.25 bits per heavy atom. The van der Waals surface area contributed by atoms with E-state index in [4.69, 9.17) is 4.74 Å². The molecule has 2 amide bonds. The molecule has 1 heterocycles. The van der Waals surface area contributed by atoms with E-state index >= 15 is 0 Å². The average molecular weight is 328 g/mol. The number of anilines is 1. The van der Waals surface area contributed by atoms with Crippen LogP contribution in [0, 0.1) is 6.92 Å². The predicted molar refractivity (Wildman–Crippen MR) is 95.4 cm³/mol. The van der Waals surface area contributed by atoms with Gasteiger partial charge in [-0.1, -0.05) is 23.8 Å². The van der Waals surface area contributed by atoms with Gasteiger partial charge < -0.3 is 20.7 Å². The van der Waals surface area contributed by atoms with Gasteiger partial charge >= 0.3 is 6.03 Å². The first-order chi connectivity index (χ1) is 11.6. The molecule has 3 N–H and O–H groups in total. The second kappa shape index (κ2) is 8.76. The molecule has 6 nitrogen and oxygen atoms in total. The number of urea groups is 1. The van der Waals surface area contributed by atoms with E-state index in [2.05, 4.69) is 20.9 Å². The third-order valence-corrected chi connectivity index (χ3v) is 3.58. The maximum absolute atomic E-state index is 12.0. The number of rotatable bonds is 7. The first kappa shape index (κ1) is 17.6. The van der Waals surface area contributed by atoms with E-state index < -0.39 is 0 Å². The molecule has 6 heteroatoms. The maximum Gasteiger partial charge on any atom is 0.315 e. The van der Waals surface area contributed by atoms with Crippen molar-refractivity contribution >= 4 is 11.8 Å². The molecule has 2 rings (SSSR count). The summed E-state index contributed by atoms with van der Waals surface area (Å²) in [4.78, 5) is 16.2. The molecule has 1 aromatic heterocycles. The standard InChI is InChI=1S/C18H24N4O2/c1-13-7-8-16(24-3)15(12-13)14(2)22-18(23)21-11-10-20-17-6-4-5-9-19-17/h4-9,12,14H,10-11H2,1-3H3,(H,19,20)(H2,21,22,23). The summed E-state index contributed by atoms with van der Waals surface area (Å²) in [6.07, 6.45) is 1.72. The van der Waals surface area contributed by atoms with Crippen LogP contribution in [0.4, 0.5) is 10.6 Å². The van der Waals surface area contributed by atoms with E-state index in [1.54, 1.807) is 13.3 Å². The van der Waals surface area contributed by atoms with Gasteiger partial charge in [-0.2, -0.15) is 0 Å². The molecule has 2 aromatic rings. The van der Waals surface area contributed by atoms with E-state index in [1.807, 2.05) is 50.2 Å². The number of nitrogens with zero attached hydrogens (tertiary/aromatic N) is 1. The lowest BCUT2D eigenvalue weighted by molar-refractivity contribution is 0.238. The van der Waals surface area contributed by atoms with Gasteiger partial charge in [-0.25, -0.2) is 9.78 Å². The van der Waals surface area contributed by atoms with E-state index in [0.29, 0.717) is 13.1 Å². The molecule has 128 valence electrons. The highest BCUT2D eigenvalue weighted by molar-refractivity contribution is 5.74. The fourth-order valence-corrected chi connectivity index (χ4v) is 2.35. The molecule has 0 spiro atoms. The molecule has 24 heavy (non-hydrogen) atoms. The highest BCUT2D eigenvalue weighted by Crippen LogP contribution is 2.25. The van der Waals surface area contributed by atoms with Crippen LogP contribution in [0.25, 0.3) is 0 Å². The van der Waals surface area contributed by atoms with Crippen molar-refractivity contribution in [1.82, 2.24) is 15.6 Å². The van der Waals surface area contributed by atoms with Crippen molar-refractivity contribution in [3.63, 3.8) is 0 Å². The van der Waals surface area contributed by atoms with Crippen molar-refractivity contribution in [3.05, 3.63) is 53.7 Å². The summed E-state index contributed by atoms with van der Waals surface area (Å²) in [5, 5.41) is 8.88. The third kappa shape index (κ3) is 5.15. The van der Waals surface area contributed by atoms with Crippen molar-refractivity contribution < 1.29 is 9.53 Å². The minimum absolute atomic E-state index is 0.149. The molecule has 0 fully saturated rings. The summed E-state index contributed by atoms with van der Waals surface area (Å²) < 4.78 is 5.36. The Bertz CT molecular complexity index is 661. The van der Waals surface area contributed by atoms with Crippen LogP contribution < -0.4 is 20.7 Å². The van der Waals surface area contributed by atoms with Gasteiger partial charge in [0.15, 0.2) is 0 Å². The maximum atomic E-state index is 12.0. The van der Waals surface area contributed by atoms with Crippen LogP contribution in [-0.4, -0.2) is 31.2 Å². The zero-order valence-electron chi connectivity index (χ0n) is 14.3. The number of methoxy groups -OCH3 is 1. The molecule has 1 atom stereocenters. The molecular formula is C18H24N4O2. The number of amides is 2. The third-order valence-electron chi connectivity index (χ3n) is 3.58. The van der Waals surface area contributed by atoms with Crippen LogP contribution in [0.1, 0.15) is 24.1 Å². The number of carbonyl (C=O) groups is 1. The largest absolute Gasteiger partial charge is 0.496 e. The Labute approximate surface area is 142 Å². The monoisotopic (exact) mass is 328 g/mol. The van der Waals surface area contributed by atoms with Gasteiger partial charge in [0.2, 0.25) is 0 Å². The molecule has 1 unspecified atom stereocenters. The summed E-state index contributed by atoms with van der Waals surface area (Å²) in [5.74, 6) is 1.56. The lowest BCUT2D eigenvalue weighted by atomic mass is 10.0. The van der Waals surface area contributed by atoms with Crippen LogP contribution in [0.3, 0.4) is 0 Å². The minimum atomic E-state index is -0.214. The number of nitrogens with one attached hydrogen (secondary N) is 3. The Morgan fingerprint density at radius 3 is 2.79 bits per heavy atom. The first-order valence-electron chi connectivity index (χ1n) is 7.94. The van der Waals surface area contributed by atoms with Gasteiger partial charge in [0.1, 0.15) is 11.6 Å². The number of benzene rings is 1. The Hall–Kier alpha value is -2.76. The van der Waals surface area contributed by atoms with Crippen molar-refractivity contribution in [2.45, 2.75) is 19.9 Å². The Balaban J connectivity index is 1.78. The molecule has 0 aliphatic carbocycles. The second-order valence-corrected chi connectivity index (χ2v) is 5.51. The van der Waals surface area contributed by atoms with Crippen LogP contribution in [0.5, 0.6) is 5.75 Å². The number of carbonyl (C=O) groups excluding carboxylic acids is 1. The van der Waals surface area contributed by atoms with Gasteiger partial charge in [-0.15, -0.1) is 0 Å². The number of hydrogen-bond donors (Lipinski definition) is 3. The fraction of sp³-hybridized carbons (Fsp3) is 0.333. The highest BCUT2D eigenvalue weighted by atomic mass is 16.5. The zero-order valence-corrected chi connectivity index (χ0v) is 14.3. The quantitative estimate of drug-likeness (QED) is 0.683. The summed E-state index contributed by atoms with van der Waals surface area (Å²) >= 11 is 0. The van der Waals surface area contributed by atoms with Gasteiger partial charge in [-0.3, -0.25) is 0 Å². The minimum Gasteiger partial charge on any atom is -0.496 e. The topological polar surface area (TPSA) is 75.3 Å². The predicted octanol–water partition coefficient (Wildman–Crippen LogP) is 2.87. The molecule has 0 aliphatic heterocycles. The summed E-state index contributed by atoms with van der Waals surface area (Å²) in [7, 11) is 1.63. The molecule has 0 bridgehead atoms. The van der Waals surface area contributed by atoms with Crippen molar-refractivity contribution in [1.29, 1.82) is 0 Å². The lowest BCUT2D eigenvalue weighted by Gasteiger charge is -2.18. The normalized spacial score (nSPS) is 11.5. The number of hydrogen-bond acceptors (Lipinski definition) is 4. The van der Waals surface area contributed by atoms with Gasteiger partial charge in [0.25, 0.3) is 0 Å². The molecule has 0 radical (unpaired) electrons. The van der Waals surface area contributed by atoms with Crippen LogP contribution in [0.15, 0.2) is 42.6 Å². The van der Waals surface area contributed by atoms with Gasteiger partial charge in [0, 0.05) is 24.8 Å². The lowest BCUT2D eigenvalue weighted by Crippen LogP contribution is -2.39. The summed E-state index contributed by atoms with van der Waals surface area (Å²) in [5.41, 5.74) is 2.08. The molecule has 1 aromatic carbocycles. The second-order valence-electron chi connectivity index (χ2n) is 5.51. The number of aromatic nitrogens is 1. The van der Waals surface area contributed by atoms with Gasteiger partial charge in [0.05, 0.1) is 13.2 Å². The van der Waals surface area contributed by atoms with Crippen LogP contribution >= 0.6 is 0 Å². The SMILES string of the molecule is COc1ccc(C)cc1C(C)NC(=O)NCCNc1ccccn1. The Morgan fingerprint density at radius 2 is 2.08 bits per heavy atom. The van der Waals surface area contributed by atoms with E-state index in [-0.39, 0.29) is 12.1 Å². The van der Waals surface area contributed by atoms with E-state index in [0.717, 1.165) is 22.7 Å². The van der Waals surface area contributed by atoms with Crippen molar-refractivity contribution in [2.75, 3.05) is 25.5 Å². The van der Waals surface area contributed by atoms with Crippen molar-refractivity contribution in [3.8, 4) is 5.75 Å². The number of aryl methyl sites for hydroxylation is 1. The highest BCUT2D eigenvalue weighted by Gasteiger charge is 2.13. The fourth-order valence-electron chi connectivity index (χ4n) is 2.35. The van der Waals surface area contributed by atoms with Crippen LogP contribution in [-0.2, 0) is 0 Å². The van der Waals surface area contributed by atoms with E-state index in [9.17, 15) is 4.79 Å². The molecule has 0 saturated carbocycles. The summed E-state index contributed by atoms with van der Waals surface area (Å²) in [6, 6.07) is 11.2. The smallest absolute Gasteiger partial charge is 0.315 e. The van der Waals surface area contributed by atoms with Gasteiger partial charge in [-0.05, 0) is 32.0 Å². The average Bonchev–Trinajstić information content (AvgIpc) is 2.59. The Kier molecular flexibility index (Phi) is 6.42. The van der Waals surface area contributed by atoms with E-state index in [1.165, 1.54) is 0 Å². The number of pyridine rings is 1. The molecule has 0 saturated heterocycles. The molecular weight excluding hydrogens is 304 g/mol. The summed E-state index contributed by atoms with van der Waals surface area (Å²) in [6.45, 7) is 5.05. The molecule has 0 aliphatic rings. The first-order valence-corrected chi connectivity index (χ1v) is 7.94. The van der Waals surface area contributed by atoms with Crippen molar-refractivity contribution in [2.24, 2.45) is 0 Å².